The number of fused-ring (bicyclic) bond motifs is 1. The quantitative estimate of drug-likeness (QED) is 0.772. The molecule has 116 valence electrons. The zero-order valence-electron chi connectivity index (χ0n) is 12.1. The summed E-state index contributed by atoms with van der Waals surface area (Å²) in [6.45, 7) is 1.88. The Hall–Kier alpha value is -2.86. The van der Waals surface area contributed by atoms with Crippen molar-refractivity contribution in [3.05, 3.63) is 64.4 Å². The SMILES string of the molecule is Cc1cccc2cc(C(=O)Nc3cc(C(=O)O)ccc3Cl)nn12. The number of benzene rings is 1. The summed E-state index contributed by atoms with van der Waals surface area (Å²) in [6.07, 6.45) is 0. The normalized spacial score (nSPS) is 10.7. The molecule has 0 atom stereocenters. The number of aromatic nitrogens is 2. The third kappa shape index (κ3) is 2.89. The number of nitrogens with zero attached hydrogens (tertiary/aromatic N) is 2. The third-order valence-electron chi connectivity index (χ3n) is 3.37. The number of hydrogen-bond donors (Lipinski definition) is 2. The van der Waals surface area contributed by atoms with Gasteiger partial charge in [-0.25, -0.2) is 9.31 Å². The molecule has 0 bridgehead atoms. The van der Waals surface area contributed by atoms with Crippen molar-refractivity contribution < 1.29 is 14.7 Å². The zero-order valence-corrected chi connectivity index (χ0v) is 12.8. The Balaban J connectivity index is 1.93. The second-order valence-electron chi connectivity index (χ2n) is 4.99. The third-order valence-corrected chi connectivity index (χ3v) is 3.70. The van der Waals surface area contributed by atoms with Gasteiger partial charge in [-0.05, 0) is 43.3 Å². The molecule has 3 aromatic rings. The van der Waals surface area contributed by atoms with Crippen molar-refractivity contribution in [2.75, 3.05) is 5.32 Å². The van der Waals surface area contributed by atoms with E-state index in [4.69, 9.17) is 16.7 Å². The van der Waals surface area contributed by atoms with Crippen LogP contribution in [0.15, 0.2) is 42.5 Å². The lowest BCUT2D eigenvalue weighted by atomic mass is 10.2. The molecule has 0 fully saturated rings. The average Bonchev–Trinajstić information content (AvgIpc) is 2.95. The summed E-state index contributed by atoms with van der Waals surface area (Å²) in [5.41, 5.74) is 2.17. The predicted octanol–water partition coefficient (Wildman–Crippen LogP) is 3.25. The van der Waals surface area contributed by atoms with Crippen molar-refractivity contribution in [3.63, 3.8) is 0 Å². The van der Waals surface area contributed by atoms with Crippen LogP contribution in [-0.2, 0) is 0 Å². The Morgan fingerprint density at radius 1 is 1.22 bits per heavy atom. The standard InChI is InChI=1S/C16H12ClN3O3/c1-9-3-2-4-11-8-14(19-20(9)11)15(21)18-13-7-10(16(22)23)5-6-12(13)17/h2-8H,1H3,(H,18,21)(H,22,23). The number of nitrogens with one attached hydrogen (secondary N) is 1. The van der Waals surface area contributed by atoms with Crippen LogP contribution in [0.2, 0.25) is 5.02 Å². The van der Waals surface area contributed by atoms with Crippen LogP contribution in [0.25, 0.3) is 5.52 Å². The second-order valence-corrected chi connectivity index (χ2v) is 5.39. The fourth-order valence-electron chi connectivity index (χ4n) is 2.20. The molecule has 0 aliphatic rings. The summed E-state index contributed by atoms with van der Waals surface area (Å²) in [5, 5.41) is 16.1. The lowest BCUT2D eigenvalue weighted by Crippen LogP contribution is -2.13. The maximum Gasteiger partial charge on any atom is 0.335 e. The molecule has 1 aromatic carbocycles. The number of pyridine rings is 1. The highest BCUT2D eigenvalue weighted by Crippen LogP contribution is 2.24. The molecule has 0 saturated heterocycles. The van der Waals surface area contributed by atoms with Gasteiger partial charge in [0.25, 0.3) is 5.91 Å². The van der Waals surface area contributed by atoms with Crippen LogP contribution >= 0.6 is 11.6 Å². The first-order chi connectivity index (χ1) is 11.0. The van der Waals surface area contributed by atoms with Gasteiger partial charge >= 0.3 is 5.97 Å². The first-order valence-electron chi connectivity index (χ1n) is 6.75. The topological polar surface area (TPSA) is 83.7 Å². The van der Waals surface area contributed by atoms with Gasteiger partial charge in [0.15, 0.2) is 5.69 Å². The number of anilines is 1. The molecular formula is C16H12ClN3O3. The number of rotatable bonds is 3. The van der Waals surface area contributed by atoms with Gasteiger partial charge in [0.05, 0.1) is 21.8 Å². The fourth-order valence-corrected chi connectivity index (χ4v) is 2.37. The van der Waals surface area contributed by atoms with Crippen LogP contribution in [0.3, 0.4) is 0 Å². The molecule has 0 radical (unpaired) electrons. The van der Waals surface area contributed by atoms with Gasteiger partial charge in [0, 0.05) is 5.69 Å². The van der Waals surface area contributed by atoms with E-state index in [1.807, 2.05) is 25.1 Å². The summed E-state index contributed by atoms with van der Waals surface area (Å²) >= 11 is 6.00. The molecule has 2 N–H and O–H groups in total. The van der Waals surface area contributed by atoms with Gasteiger partial charge in [-0.1, -0.05) is 17.7 Å². The minimum Gasteiger partial charge on any atom is -0.478 e. The van der Waals surface area contributed by atoms with E-state index in [1.165, 1.54) is 18.2 Å². The number of carbonyl (C=O) groups is 2. The van der Waals surface area contributed by atoms with Crippen molar-refractivity contribution >= 4 is 34.7 Å². The zero-order chi connectivity index (χ0) is 16.6. The molecule has 7 heteroatoms. The molecule has 0 spiro atoms. The Morgan fingerprint density at radius 3 is 2.70 bits per heavy atom. The van der Waals surface area contributed by atoms with Crippen LogP contribution in [0.5, 0.6) is 0 Å². The Bertz CT molecular complexity index is 933. The highest BCUT2D eigenvalue weighted by atomic mass is 35.5. The minimum absolute atomic E-state index is 0.0375. The second kappa shape index (κ2) is 5.73. The fraction of sp³-hybridized carbons (Fsp3) is 0.0625. The number of carboxylic acids is 1. The highest BCUT2D eigenvalue weighted by Gasteiger charge is 2.15. The van der Waals surface area contributed by atoms with Crippen LogP contribution in [0.1, 0.15) is 26.5 Å². The molecule has 1 amide bonds. The molecule has 2 aromatic heterocycles. The van der Waals surface area contributed by atoms with E-state index >= 15 is 0 Å². The van der Waals surface area contributed by atoms with Gasteiger partial charge in [-0.3, -0.25) is 4.79 Å². The van der Waals surface area contributed by atoms with E-state index in [9.17, 15) is 9.59 Å². The summed E-state index contributed by atoms with van der Waals surface area (Å²) < 4.78 is 1.66. The lowest BCUT2D eigenvalue weighted by molar-refractivity contribution is 0.0696. The van der Waals surface area contributed by atoms with Gasteiger partial charge in [-0.15, -0.1) is 0 Å². The Kier molecular flexibility index (Phi) is 3.75. The van der Waals surface area contributed by atoms with E-state index in [1.54, 1.807) is 10.6 Å². The van der Waals surface area contributed by atoms with E-state index in [0.717, 1.165) is 11.2 Å². The first-order valence-corrected chi connectivity index (χ1v) is 7.13. The number of aryl methyl sites for hydroxylation is 1. The summed E-state index contributed by atoms with van der Waals surface area (Å²) in [5.74, 6) is -1.56. The molecule has 23 heavy (non-hydrogen) atoms. The Morgan fingerprint density at radius 2 is 2.00 bits per heavy atom. The highest BCUT2D eigenvalue weighted by molar-refractivity contribution is 6.34. The number of amides is 1. The molecule has 3 rings (SSSR count). The van der Waals surface area contributed by atoms with Gasteiger partial charge in [-0.2, -0.15) is 5.10 Å². The van der Waals surface area contributed by atoms with Crippen molar-refractivity contribution in [1.82, 2.24) is 9.61 Å². The average molecular weight is 330 g/mol. The van der Waals surface area contributed by atoms with Crippen LogP contribution in [-0.4, -0.2) is 26.6 Å². The van der Waals surface area contributed by atoms with E-state index in [-0.39, 0.29) is 22.0 Å². The molecule has 0 aliphatic carbocycles. The van der Waals surface area contributed by atoms with Crippen molar-refractivity contribution in [1.29, 1.82) is 0 Å². The van der Waals surface area contributed by atoms with E-state index < -0.39 is 11.9 Å². The van der Waals surface area contributed by atoms with Crippen molar-refractivity contribution in [2.45, 2.75) is 6.92 Å². The largest absolute Gasteiger partial charge is 0.478 e. The lowest BCUT2D eigenvalue weighted by Gasteiger charge is -2.06. The van der Waals surface area contributed by atoms with Crippen LogP contribution in [0.4, 0.5) is 5.69 Å². The monoisotopic (exact) mass is 329 g/mol. The summed E-state index contributed by atoms with van der Waals surface area (Å²) in [4.78, 5) is 23.3. The molecule has 2 heterocycles. The Labute approximate surface area is 136 Å². The molecule has 0 saturated carbocycles. The summed E-state index contributed by atoms with van der Waals surface area (Å²) in [7, 11) is 0. The molecule has 0 aliphatic heterocycles. The van der Waals surface area contributed by atoms with Gasteiger partial charge < -0.3 is 10.4 Å². The number of carbonyl (C=O) groups excluding carboxylic acids is 1. The number of halogens is 1. The van der Waals surface area contributed by atoms with Crippen LogP contribution < -0.4 is 5.32 Å². The molecule has 0 unspecified atom stereocenters. The maximum absolute atomic E-state index is 12.3. The van der Waals surface area contributed by atoms with E-state index in [2.05, 4.69) is 10.4 Å². The summed E-state index contributed by atoms with van der Waals surface area (Å²) in [6, 6.07) is 11.4. The number of hydrogen-bond acceptors (Lipinski definition) is 3. The predicted molar refractivity (Wildman–Crippen MR) is 86.3 cm³/mol. The number of aromatic carboxylic acids is 1. The van der Waals surface area contributed by atoms with Gasteiger partial charge in [0.1, 0.15) is 0 Å². The molecule has 6 nitrogen and oxygen atoms in total. The molecular weight excluding hydrogens is 318 g/mol. The van der Waals surface area contributed by atoms with Crippen molar-refractivity contribution in [3.8, 4) is 0 Å². The van der Waals surface area contributed by atoms with Crippen molar-refractivity contribution in [2.24, 2.45) is 0 Å². The first kappa shape index (κ1) is 15.1. The maximum atomic E-state index is 12.3. The van der Waals surface area contributed by atoms with E-state index in [0.29, 0.717) is 0 Å². The van der Waals surface area contributed by atoms with Crippen LogP contribution in [0, 0.1) is 6.92 Å². The number of carboxylic acid groups (broad SMARTS) is 1. The van der Waals surface area contributed by atoms with Gasteiger partial charge in [0.2, 0.25) is 0 Å². The smallest absolute Gasteiger partial charge is 0.335 e. The minimum atomic E-state index is -1.10.